The average molecular weight is 390 g/mol. The van der Waals surface area contributed by atoms with Gasteiger partial charge in [-0.1, -0.05) is 23.7 Å². The molecule has 8 heteroatoms. The summed E-state index contributed by atoms with van der Waals surface area (Å²) in [6.07, 6.45) is 1.79. The summed E-state index contributed by atoms with van der Waals surface area (Å²) in [5.41, 5.74) is 0.492. The molecule has 0 spiro atoms. The molecule has 0 unspecified atom stereocenters. The van der Waals surface area contributed by atoms with Crippen molar-refractivity contribution in [1.82, 2.24) is 0 Å². The number of thiophene rings is 1. The Kier molecular flexibility index (Phi) is 5.78. The Morgan fingerprint density at radius 2 is 1.96 bits per heavy atom. The van der Waals surface area contributed by atoms with Crippen LogP contribution in [-0.4, -0.2) is 25.8 Å². The molecule has 2 aromatic rings. The van der Waals surface area contributed by atoms with Gasteiger partial charge in [0.1, 0.15) is 0 Å². The first-order valence-corrected chi connectivity index (χ1v) is 10.7. The molecule has 0 aliphatic carbocycles. The fourth-order valence-electron chi connectivity index (χ4n) is 1.81. The summed E-state index contributed by atoms with van der Waals surface area (Å²) < 4.78 is 25.4. The van der Waals surface area contributed by atoms with Gasteiger partial charge in [0, 0.05) is 0 Å². The average Bonchev–Trinajstić information content (AvgIpc) is 2.94. The summed E-state index contributed by atoms with van der Waals surface area (Å²) in [7, 11) is -3.43. The molecule has 124 valence electrons. The molecule has 1 aromatic heterocycles. The molecule has 0 aliphatic rings. The van der Waals surface area contributed by atoms with Gasteiger partial charge < -0.3 is 5.32 Å². The van der Waals surface area contributed by atoms with E-state index in [9.17, 15) is 13.2 Å². The molecule has 23 heavy (non-hydrogen) atoms. The van der Waals surface area contributed by atoms with Gasteiger partial charge in [-0.15, -0.1) is 23.1 Å². The number of sulfone groups is 1. The Balaban J connectivity index is 2.36. The smallest absolute Gasteiger partial charge is 0.265 e. The van der Waals surface area contributed by atoms with Crippen LogP contribution in [0.3, 0.4) is 0 Å². The van der Waals surface area contributed by atoms with Crippen LogP contribution in [0.1, 0.15) is 23.5 Å². The van der Waals surface area contributed by atoms with Gasteiger partial charge in [-0.2, -0.15) is 0 Å². The van der Waals surface area contributed by atoms with E-state index in [2.05, 4.69) is 5.32 Å². The molecule has 1 aromatic carbocycles. The maximum Gasteiger partial charge on any atom is 0.265 e. The van der Waals surface area contributed by atoms with Crippen LogP contribution in [0.5, 0.6) is 0 Å². The predicted molar refractivity (Wildman–Crippen MR) is 97.8 cm³/mol. The van der Waals surface area contributed by atoms with Crippen LogP contribution in [0.25, 0.3) is 0 Å². The third kappa shape index (κ3) is 3.91. The summed E-state index contributed by atoms with van der Waals surface area (Å²) in [6, 6.07) is 8.33. The van der Waals surface area contributed by atoms with Crippen molar-refractivity contribution in [2.45, 2.75) is 28.2 Å². The molecule has 1 N–H and O–H groups in total. The van der Waals surface area contributed by atoms with Gasteiger partial charge in [-0.3, -0.25) is 4.79 Å². The van der Waals surface area contributed by atoms with Crippen LogP contribution in [0, 0.1) is 0 Å². The first-order valence-electron chi connectivity index (χ1n) is 6.75. The zero-order valence-electron chi connectivity index (χ0n) is 12.8. The lowest BCUT2D eigenvalue weighted by atomic mass is 10.3. The quantitative estimate of drug-likeness (QED) is 0.761. The number of carbonyl (C=O) groups excluding carboxylic acids is 1. The maximum atomic E-state index is 12.4. The lowest BCUT2D eigenvalue weighted by molar-refractivity contribution is 0.103. The van der Waals surface area contributed by atoms with E-state index in [1.807, 2.05) is 0 Å². The molecule has 0 bridgehead atoms. The minimum atomic E-state index is -3.43. The van der Waals surface area contributed by atoms with Gasteiger partial charge in [-0.05, 0) is 38.3 Å². The van der Waals surface area contributed by atoms with Crippen molar-refractivity contribution >= 4 is 56.1 Å². The van der Waals surface area contributed by atoms with Crippen LogP contribution in [0.2, 0.25) is 5.02 Å². The van der Waals surface area contributed by atoms with Crippen molar-refractivity contribution in [3.63, 3.8) is 0 Å². The third-order valence-corrected chi connectivity index (χ3v) is 8.16. The predicted octanol–water partition coefficient (Wildman–Crippen LogP) is 4.56. The van der Waals surface area contributed by atoms with E-state index in [4.69, 9.17) is 11.6 Å². The Morgan fingerprint density at radius 1 is 1.30 bits per heavy atom. The number of hydrogen-bond donors (Lipinski definition) is 1. The number of benzene rings is 1. The summed E-state index contributed by atoms with van der Waals surface area (Å²) in [5, 5.41) is 2.60. The zero-order valence-corrected chi connectivity index (χ0v) is 16.0. The van der Waals surface area contributed by atoms with E-state index in [-0.39, 0.29) is 10.8 Å². The summed E-state index contributed by atoms with van der Waals surface area (Å²) in [4.78, 5) is 12.9. The Hall–Kier alpha value is -1.02. The van der Waals surface area contributed by atoms with E-state index < -0.39 is 15.1 Å². The molecule has 0 saturated carbocycles. The molecule has 1 heterocycles. The topological polar surface area (TPSA) is 63.2 Å². The van der Waals surface area contributed by atoms with E-state index in [0.29, 0.717) is 19.8 Å². The number of anilines is 1. The number of para-hydroxylation sites is 1. The van der Waals surface area contributed by atoms with Crippen molar-refractivity contribution < 1.29 is 13.2 Å². The third-order valence-electron chi connectivity index (χ3n) is 3.12. The van der Waals surface area contributed by atoms with Crippen LogP contribution in [-0.2, 0) is 9.84 Å². The molecule has 0 aliphatic heterocycles. The van der Waals surface area contributed by atoms with E-state index in [0.717, 1.165) is 0 Å². The minimum absolute atomic E-state index is 0.217. The second-order valence-corrected chi connectivity index (χ2v) is 10.0. The van der Waals surface area contributed by atoms with E-state index >= 15 is 0 Å². The lowest BCUT2D eigenvalue weighted by Gasteiger charge is -2.06. The summed E-state index contributed by atoms with van der Waals surface area (Å²) in [5.74, 6) is -0.372. The Morgan fingerprint density at radius 3 is 2.52 bits per heavy atom. The molecule has 1 amide bonds. The van der Waals surface area contributed by atoms with Crippen LogP contribution in [0.4, 0.5) is 5.69 Å². The minimum Gasteiger partial charge on any atom is -0.320 e. The standard InChI is InChI=1S/C15H16ClNO3S3/c1-9(2)23(19,20)13-8-12(22-15(13)21-3)14(18)17-11-7-5-4-6-10(11)16/h4-9H,1-3H3,(H,17,18). The first-order chi connectivity index (χ1) is 10.8. The summed E-state index contributed by atoms with van der Waals surface area (Å²) in [6.45, 7) is 3.25. The largest absolute Gasteiger partial charge is 0.320 e. The van der Waals surface area contributed by atoms with Gasteiger partial charge in [0.25, 0.3) is 5.91 Å². The van der Waals surface area contributed by atoms with Gasteiger partial charge in [0.2, 0.25) is 0 Å². The van der Waals surface area contributed by atoms with E-state index in [1.165, 1.54) is 29.2 Å². The molecule has 0 fully saturated rings. The van der Waals surface area contributed by atoms with Crippen LogP contribution < -0.4 is 5.32 Å². The highest BCUT2D eigenvalue weighted by molar-refractivity contribution is 8.01. The van der Waals surface area contributed by atoms with Crippen molar-refractivity contribution in [2.24, 2.45) is 0 Å². The number of thioether (sulfide) groups is 1. The SMILES string of the molecule is CSc1sc(C(=O)Nc2ccccc2Cl)cc1S(=O)(=O)C(C)C. The number of rotatable bonds is 5. The molecule has 4 nitrogen and oxygen atoms in total. The van der Waals surface area contributed by atoms with Gasteiger partial charge in [0.05, 0.1) is 29.9 Å². The number of carbonyl (C=O) groups is 1. The molecule has 2 rings (SSSR count). The molecule has 0 saturated heterocycles. The van der Waals surface area contributed by atoms with Crippen molar-refractivity contribution in [3.8, 4) is 0 Å². The number of amides is 1. The van der Waals surface area contributed by atoms with Crippen LogP contribution in [0.15, 0.2) is 39.4 Å². The maximum absolute atomic E-state index is 12.4. The first kappa shape index (κ1) is 18.3. The number of halogens is 1. The number of nitrogens with one attached hydrogen (secondary N) is 1. The summed E-state index contributed by atoms with van der Waals surface area (Å²) >= 11 is 8.51. The monoisotopic (exact) mass is 389 g/mol. The lowest BCUT2D eigenvalue weighted by Crippen LogP contribution is -2.14. The number of hydrogen-bond acceptors (Lipinski definition) is 5. The molecule has 0 radical (unpaired) electrons. The van der Waals surface area contributed by atoms with Gasteiger partial charge in [0.15, 0.2) is 9.84 Å². The second kappa shape index (κ2) is 7.25. The molecular weight excluding hydrogens is 374 g/mol. The highest BCUT2D eigenvalue weighted by atomic mass is 35.5. The van der Waals surface area contributed by atoms with Crippen molar-refractivity contribution in [2.75, 3.05) is 11.6 Å². The van der Waals surface area contributed by atoms with Crippen molar-refractivity contribution in [3.05, 3.63) is 40.2 Å². The Bertz CT molecular complexity index is 828. The van der Waals surface area contributed by atoms with Gasteiger partial charge in [-0.25, -0.2) is 8.42 Å². The highest BCUT2D eigenvalue weighted by Crippen LogP contribution is 2.36. The Labute approximate surface area is 149 Å². The van der Waals surface area contributed by atoms with E-state index in [1.54, 1.807) is 44.4 Å². The fourth-order valence-corrected chi connectivity index (χ4v) is 5.70. The zero-order chi connectivity index (χ0) is 17.2. The molecule has 0 atom stereocenters. The molecular formula is C15H16ClNO3S3. The fraction of sp³-hybridized carbons (Fsp3) is 0.267. The van der Waals surface area contributed by atoms with Crippen molar-refractivity contribution in [1.29, 1.82) is 0 Å². The van der Waals surface area contributed by atoms with Crippen LogP contribution >= 0.6 is 34.7 Å². The normalized spacial score (nSPS) is 11.7. The highest BCUT2D eigenvalue weighted by Gasteiger charge is 2.27. The second-order valence-electron chi connectivity index (χ2n) is 4.99. The van der Waals surface area contributed by atoms with Gasteiger partial charge >= 0.3 is 0 Å².